The Morgan fingerprint density at radius 1 is 1.38 bits per heavy atom. The SMILES string of the molecule is Cc1nn(C)c(Cn2ccc3cc(C(N)=S)ccc32)c1Br. The molecular weight excluding hydrogens is 348 g/mol. The van der Waals surface area contributed by atoms with Crippen molar-refractivity contribution in [1.82, 2.24) is 14.3 Å². The Labute approximate surface area is 136 Å². The Morgan fingerprint density at radius 2 is 2.14 bits per heavy atom. The summed E-state index contributed by atoms with van der Waals surface area (Å²) in [6.07, 6.45) is 2.07. The van der Waals surface area contributed by atoms with Gasteiger partial charge in [0.25, 0.3) is 0 Å². The maximum atomic E-state index is 5.68. The second kappa shape index (κ2) is 5.27. The molecule has 6 heteroatoms. The molecule has 0 fully saturated rings. The molecule has 0 atom stereocenters. The molecule has 0 aliphatic heterocycles. The van der Waals surface area contributed by atoms with Crippen LogP contribution in [-0.2, 0) is 13.6 Å². The van der Waals surface area contributed by atoms with Gasteiger partial charge in [-0.3, -0.25) is 4.68 Å². The van der Waals surface area contributed by atoms with Crippen LogP contribution < -0.4 is 5.73 Å². The lowest BCUT2D eigenvalue weighted by molar-refractivity contribution is 0.671. The van der Waals surface area contributed by atoms with E-state index < -0.39 is 0 Å². The van der Waals surface area contributed by atoms with Crippen molar-refractivity contribution < 1.29 is 0 Å². The highest BCUT2D eigenvalue weighted by atomic mass is 79.9. The molecule has 1 aromatic carbocycles. The number of nitrogens with two attached hydrogens (primary N) is 1. The summed E-state index contributed by atoms with van der Waals surface area (Å²) in [7, 11) is 1.96. The van der Waals surface area contributed by atoms with Gasteiger partial charge >= 0.3 is 0 Å². The zero-order valence-corrected chi connectivity index (χ0v) is 14.2. The van der Waals surface area contributed by atoms with Crippen LogP contribution in [0.1, 0.15) is 17.0 Å². The molecule has 21 heavy (non-hydrogen) atoms. The van der Waals surface area contributed by atoms with Gasteiger partial charge < -0.3 is 10.3 Å². The summed E-state index contributed by atoms with van der Waals surface area (Å²) in [6, 6.07) is 8.12. The minimum absolute atomic E-state index is 0.426. The minimum atomic E-state index is 0.426. The van der Waals surface area contributed by atoms with Crippen molar-refractivity contribution in [1.29, 1.82) is 0 Å². The third kappa shape index (κ3) is 2.49. The molecule has 0 aliphatic rings. The number of fused-ring (bicyclic) bond motifs is 1. The van der Waals surface area contributed by atoms with Crippen molar-refractivity contribution >= 4 is 44.0 Å². The van der Waals surface area contributed by atoms with E-state index in [-0.39, 0.29) is 0 Å². The molecule has 108 valence electrons. The van der Waals surface area contributed by atoms with Crippen molar-refractivity contribution in [3.8, 4) is 0 Å². The fourth-order valence-corrected chi connectivity index (χ4v) is 3.09. The number of halogens is 1. The Kier molecular flexibility index (Phi) is 3.59. The predicted molar refractivity (Wildman–Crippen MR) is 92.6 cm³/mol. The highest BCUT2D eigenvalue weighted by molar-refractivity contribution is 9.10. The van der Waals surface area contributed by atoms with E-state index >= 15 is 0 Å². The quantitative estimate of drug-likeness (QED) is 0.728. The van der Waals surface area contributed by atoms with Gasteiger partial charge in [0.2, 0.25) is 0 Å². The maximum Gasteiger partial charge on any atom is 0.104 e. The lowest BCUT2D eigenvalue weighted by atomic mass is 10.1. The summed E-state index contributed by atoms with van der Waals surface area (Å²) in [5, 5.41) is 5.57. The molecule has 0 radical (unpaired) electrons. The minimum Gasteiger partial charge on any atom is -0.389 e. The molecule has 0 saturated carbocycles. The van der Waals surface area contributed by atoms with E-state index in [1.54, 1.807) is 0 Å². The fourth-order valence-electron chi connectivity index (χ4n) is 2.50. The number of rotatable bonds is 3. The molecule has 0 spiro atoms. The molecule has 0 saturated heterocycles. The summed E-state index contributed by atoms with van der Waals surface area (Å²) < 4.78 is 5.17. The van der Waals surface area contributed by atoms with E-state index in [4.69, 9.17) is 18.0 Å². The van der Waals surface area contributed by atoms with Crippen molar-refractivity contribution in [3.05, 3.63) is 51.9 Å². The van der Waals surface area contributed by atoms with Crippen LogP contribution in [0.15, 0.2) is 34.9 Å². The molecule has 2 N–H and O–H groups in total. The Morgan fingerprint density at radius 3 is 2.76 bits per heavy atom. The summed E-state index contributed by atoms with van der Waals surface area (Å²) in [5.74, 6) is 0. The molecule has 0 bridgehead atoms. The second-order valence-corrected chi connectivity index (χ2v) is 6.28. The standard InChI is InChI=1S/C15H15BrN4S/c1-9-14(16)13(19(2)18-9)8-20-6-5-10-7-11(15(17)21)3-4-12(10)20/h3-7H,8H2,1-2H3,(H2,17,21). The van der Waals surface area contributed by atoms with E-state index in [1.165, 1.54) is 0 Å². The zero-order valence-electron chi connectivity index (χ0n) is 11.8. The van der Waals surface area contributed by atoms with Crippen molar-refractivity contribution in [2.24, 2.45) is 12.8 Å². The van der Waals surface area contributed by atoms with Crippen LogP contribution in [0.5, 0.6) is 0 Å². The largest absolute Gasteiger partial charge is 0.389 e. The number of nitrogens with zero attached hydrogens (tertiary/aromatic N) is 3. The smallest absolute Gasteiger partial charge is 0.104 e. The molecule has 3 rings (SSSR count). The van der Waals surface area contributed by atoms with E-state index in [1.807, 2.05) is 30.8 Å². The van der Waals surface area contributed by atoms with Crippen LogP contribution >= 0.6 is 28.1 Å². The normalized spacial score (nSPS) is 11.2. The van der Waals surface area contributed by atoms with E-state index in [0.29, 0.717) is 4.99 Å². The van der Waals surface area contributed by atoms with Crippen LogP contribution in [0.2, 0.25) is 0 Å². The van der Waals surface area contributed by atoms with E-state index in [9.17, 15) is 0 Å². The number of thiocarbonyl (C=S) groups is 1. The number of hydrogen-bond acceptors (Lipinski definition) is 2. The van der Waals surface area contributed by atoms with Crippen LogP contribution in [-0.4, -0.2) is 19.3 Å². The highest BCUT2D eigenvalue weighted by Crippen LogP contribution is 2.24. The Bertz CT molecular complexity index is 847. The van der Waals surface area contributed by atoms with Crippen molar-refractivity contribution in [3.63, 3.8) is 0 Å². The Balaban J connectivity index is 2.03. The maximum absolute atomic E-state index is 5.68. The van der Waals surface area contributed by atoms with Gasteiger partial charge in [0.15, 0.2) is 0 Å². The highest BCUT2D eigenvalue weighted by Gasteiger charge is 2.12. The lowest BCUT2D eigenvalue weighted by Gasteiger charge is -2.07. The summed E-state index contributed by atoms with van der Waals surface area (Å²) in [5.41, 5.74) is 9.88. The summed E-state index contributed by atoms with van der Waals surface area (Å²) >= 11 is 8.64. The van der Waals surface area contributed by atoms with Gasteiger partial charge in [-0.25, -0.2) is 0 Å². The molecule has 3 aromatic rings. The van der Waals surface area contributed by atoms with Crippen LogP contribution in [0.3, 0.4) is 0 Å². The first kappa shape index (κ1) is 14.3. The number of aryl methyl sites for hydroxylation is 2. The predicted octanol–water partition coefficient (Wildman–Crippen LogP) is 3.13. The van der Waals surface area contributed by atoms with Crippen LogP contribution in [0.25, 0.3) is 10.9 Å². The van der Waals surface area contributed by atoms with Gasteiger partial charge in [-0.05, 0) is 47.1 Å². The van der Waals surface area contributed by atoms with Gasteiger partial charge in [-0.15, -0.1) is 0 Å². The van der Waals surface area contributed by atoms with Crippen LogP contribution in [0.4, 0.5) is 0 Å². The first-order valence-electron chi connectivity index (χ1n) is 6.54. The van der Waals surface area contributed by atoms with Gasteiger partial charge in [0.1, 0.15) is 4.99 Å². The molecule has 2 heterocycles. The average Bonchev–Trinajstić information content (AvgIpc) is 2.95. The molecule has 2 aromatic heterocycles. The average molecular weight is 363 g/mol. The summed E-state index contributed by atoms with van der Waals surface area (Å²) in [6.45, 7) is 2.75. The van der Waals surface area contributed by atoms with Crippen molar-refractivity contribution in [2.45, 2.75) is 13.5 Å². The molecule has 0 unspecified atom stereocenters. The molecule has 4 nitrogen and oxygen atoms in total. The topological polar surface area (TPSA) is 48.8 Å². The van der Waals surface area contributed by atoms with E-state index in [2.05, 4.69) is 43.9 Å². The van der Waals surface area contributed by atoms with Gasteiger partial charge in [-0.1, -0.05) is 12.2 Å². The first-order chi connectivity index (χ1) is 9.97. The number of hydrogen-bond donors (Lipinski definition) is 1. The first-order valence-corrected chi connectivity index (χ1v) is 7.74. The van der Waals surface area contributed by atoms with Crippen LogP contribution in [0, 0.1) is 6.92 Å². The third-order valence-corrected chi connectivity index (χ3v) is 4.90. The fraction of sp³-hybridized carbons (Fsp3) is 0.200. The molecule has 0 aliphatic carbocycles. The zero-order chi connectivity index (χ0) is 15.1. The lowest BCUT2D eigenvalue weighted by Crippen LogP contribution is -2.09. The van der Waals surface area contributed by atoms with Gasteiger partial charge in [-0.2, -0.15) is 5.10 Å². The molecule has 0 amide bonds. The third-order valence-electron chi connectivity index (χ3n) is 3.64. The van der Waals surface area contributed by atoms with Crippen molar-refractivity contribution in [2.75, 3.05) is 0 Å². The number of aromatic nitrogens is 3. The Hall–Kier alpha value is -1.66. The summed E-state index contributed by atoms with van der Waals surface area (Å²) in [4.78, 5) is 0.426. The van der Waals surface area contributed by atoms with Gasteiger partial charge in [0, 0.05) is 29.7 Å². The number of benzene rings is 1. The monoisotopic (exact) mass is 362 g/mol. The van der Waals surface area contributed by atoms with Gasteiger partial charge in [0.05, 0.1) is 22.4 Å². The second-order valence-electron chi connectivity index (χ2n) is 5.05. The van der Waals surface area contributed by atoms with E-state index in [0.717, 1.165) is 38.9 Å². The molecular formula is C15H15BrN4S.